The predicted molar refractivity (Wildman–Crippen MR) is 46.4 cm³/mol. The predicted octanol–water partition coefficient (Wildman–Crippen LogP) is 1.78. The molecule has 0 fully saturated rings. The van der Waals surface area contributed by atoms with Crippen LogP contribution in [0.25, 0.3) is 0 Å². The topological polar surface area (TPSA) is 43.8 Å². The van der Waals surface area contributed by atoms with Gasteiger partial charge in [0.2, 0.25) is 0 Å². The van der Waals surface area contributed by atoms with Crippen LogP contribution in [-0.4, -0.2) is 9.78 Å². The van der Waals surface area contributed by atoms with E-state index in [1.807, 2.05) is 0 Å². The minimum Gasteiger partial charge on any atom is -0.382 e. The van der Waals surface area contributed by atoms with E-state index in [1.165, 1.54) is 0 Å². The normalized spacial score (nSPS) is 9.64. The van der Waals surface area contributed by atoms with E-state index in [9.17, 15) is 0 Å². The zero-order valence-electron chi connectivity index (χ0n) is 5.67. The van der Waals surface area contributed by atoms with E-state index in [2.05, 4.69) is 5.10 Å². The number of anilines is 1. The van der Waals surface area contributed by atoms with E-state index < -0.39 is 0 Å². The van der Waals surface area contributed by atoms with Gasteiger partial charge in [-0.15, -0.1) is 0 Å². The number of nitrogens with zero attached hydrogens (tertiary/aromatic N) is 2. The number of halogens is 2. The third kappa shape index (κ3) is 2.82. The average Bonchev–Trinajstić information content (AvgIpc) is 2.31. The summed E-state index contributed by atoms with van der Waals surface area (Å²) >= 11 is 10.8. The Morgan fingerprint density at radius 2 is 2.45 bits per heavy atom. The van der Waals surface area contributed by atoms with Gasteiger partial charge in [0.05, 0.1) is 6.54 Å². The molecule has 1 aromatic rings. The van der Waals surface area contributed by atoms with Gasteiger partial charge in [-0.3, -0.25) is 4.68 Å². The minimum atomic E-state index is 0.235. The van der Waals surface area contributed by atoms with Gasteiger partial charge in [-0.1, -0.05) is 23.2 Å². The van der Waals surface area contributed by atoms with Crippen molar-refractivity contribution < 1.29 is 0 Å². The molecule has 0 bridgehead atoms. The van der Waals surface area contributed by atoms with Gasteiger partial charge in [0.1, 0.15) is 10.3 Å². The van der Waals surface area contributed by atoms with Gasteiger partial charge in [0, 0.05) is 6.20 Å². The zero-order chi connectivity index (χ0) is 8.27. The Morgan fingerprint density at radius 1 is 1.73 bits per heavy atom. The van der Waals surface area contributed by atoms with Gasteiger partial charge in [0.25, 0.3) is 0 Å². The zero-order valence-corrected chi connectivity index (χ0v) is 7.18. The number of hydrogen-bond donors (Lipinski definition) is 1. The highest BCUT2D eigenvalue weighted by atomic mass is 35.5. The Bertz CT molecular complexity index is 263. The molecule has 1 heterocycles. The molecule has 0 amide bonds. The van der Waals surface area contributed by atoms with Crippen molar-refractivity contribution in [1.82, 2.24) is 9.78 Å². The van der Waals surface area contributed by atoms with E-state index >= 15 is 0 Å². The molecule has 0 radical (unpaired) electrons. The second-order valence-corrected chi connectivity index (χ2v) is 2.96. The molecule has 0 saturated carbocycles. The van der Waals surface area contributed by atoms with Gasteiger partial charge in [-0.2, -0.15) is 5.10 Å². The monoisotopic (exact) mass is 191 g/mol. The van der Waals surface area contributed by atoms with Crippen LogP contribution in [0.3, 0.4) is 0 Å². The molecule has 60 valence electrons. The van der Waals surface area contributed by atoms with Crippen molar-refractivity contribution in [3.8, 4) is 0 Å². The Hall–Kier alpha value is -0.670. The number of rotatable bonds is 2. The van der Waals surface area contributed by atoms with E-state index in [-0.39, 0.29) is 4.49 Å². The summed E-state index contributed by atoms with van der Waals surface area (Å²) in [5.41, 5.74) is 5.37. The molecule has 2 N–H and O–H groups in total. The van der Waals surface area contributed by atoms with Gasteiger partial charge in [0.15, 0.2) is 0 Å². The second kappa shape index (κ2) is 3.64. The summed E-state index contributed by atoms with van der Waals surface area (Å²) in [6.07, 6.45) is 3.39. The fourth-order valence-electron chi connectivity index (χ4n) is 0.642. The number of aromatic nitrogens is 2. The van der Waals surface area contributed by atoms with E-state index in [4.69, 9.17) is 28.9 Å². The van der Waals surface area contributed by atoms with Crippen molar-refractivity contribution in [2.75, 3.05) is 5.73 Å². The summed E-state index contributed by atoms with van der Waals surface area (Å²) in [5, 5.41) is 3.92. The van der Waals surface area contributed by atoms with Crippen molar-refractivity contribution in [1.29, 1.82) is 0 Å². The van der Waals surface area contributed by atoms with Crippen LogP contribution in [0, 0.1) is 0 Å². The Labute approximate surface area is 74.4 Å². The van der Waals surface area contributed by atoms with Crippen molar-refractivity contribution in [2.24, 2.45) is 0 Å². The quantitative estimate of drug-likeness (QED) is 0.775. The van der Waals surface area contributed by atoms with Crippen molar-refractivity contribution in [3.05, 3.63) is 22.8 Å². The lowest BCUT2D eigenvalue weighted by molar-refractivity contribution is 0.705. The van der Waals surface area contributed by atoms with E-state index in [0.29, 0.717) is 12.4 Å². The summed E-state index contributed by atoms with van der Waals surface area (Å²) < 4.78 is 1.87. The maximum atomic E-state index is 5.39. The number of hydrogen-bond acceptors (Lipinski definition) is 2. The highest BCUT2D eigenvalue weighted by Crippen LogP contribution is 2.06. The molecule has 0 aromatic carbocycles. The molecular weight excluding hydrogens is 185 g/mol. The average molecular weight is 192 g/mol. The third-order valence-electron chi connectivity index (χ3n) is 1.09. The molecule has 0 aliphatic carbocycles. The molecule has 0 aliphatic rings. The second-order valence-electron chi connectivity index (χ2n) is 1.96. The summed E-state index contributed by atoms with van der Waals surface area (Å²) in [4.78, 5) is 0. The smallest absolute Gasteiger partial charge is 0.145 e. The molecule has 0 unspecified atom stereocenters. The van der Waals surface area contributed by atoms with Crippen LogP contribution in [-0.2, 0) is 6.54 Å². The van der Waals surface area contributed by atoms with Gasteiger partial charge in [-0.05, 0) is 12.1 Å². The van der Waals surface area contributed by atoms with E-state index in [0.717, 1.165) is 0 Å². The molecule has 1 rings (SSSR count). The maximum absolute atomic E-state index is 5.39. The maximum Gasteiger partial charge on any atom is 0.145 e. The molecule has 1 aromatic heterocycles. The lowest BCUT2D eigenvalue weighted by Gasteiger charge is -1.92. The van der Waals surface area contributed by atoms with Crippen molar-refractivity contribution in [3.63, 3.8) is 0 Å². The van der Waals surface area contributed by atoms with Gasteiger partial charge >= 0.3 is 0 Å². The van der Waals surface area contributed by atoms with E-state index in [1.54, 1.807) is 23.0 Å². The molecule has 0 atom stereocenters. The standard InChI is InChI=1S/C6H7Cl2N3/c7-5(8)1-3-11-4-2-6(9)10-11/h1-2,4H,3H2,(H2,9,10). The Balaban J connectivity index is 2.58. The largest absolute Gasteiger partial charge is 0.382 e. The summed E-state index contributed by atoms with van der Waals surface area (Å²) in [6, 6.07) is 1.70. The van der Waals surface area contributed by atoms with Crippen molar-refractivity contribution >= 4 is 29.0 Å². The number of nitrogens with two attached hydrogens (primary N) is 1. The number of nitrogen functional groups attached to an aromatic ring is 1. The highest BCUT2D eigenvalue weighted by molar-refractivity contribution is 6.55. The SMILES string of the molecule is Nc1ccn(CC=C(Cl)Cl)n1. The van der Waals surface area contributed by atoms with Crippen LogP contribution in [0.5, 0.6) is 0 Å². The van der Waals surface area contributed by atoms with Crippen LogP contribution in [0.2, 0.25) is 0 Å². The third-order valence-corrected chi connectivity index (χ3v) is 1.40. The summed E-state index contributed by atoms with van der Waals surface area (Å²) in [5.74, 6) is 0.490. The van der Waals surface area contributed by atoms with Crippen LogP contribution in [0.15, 0.2) is 22.8 Å². The summed E-state index contributed by atoms with van der Waals surface area (Å²) in [6.45, 7) is 0.541. The number of allylic oxidation sites excluding steroid dienone is 1. The lowest BCUT2D eigenvalue weighted by Crippen LogP contribution is -1.96. The molecule has 0 spiro atoms. The lowest BCUT2D eigenvalue weighted by atomic mass is 10.6. The first kappa shape index (κ1) is 8.43. The van der Waals surface area contributed by atoms with Crippen LogP contribution < -0.4 is 5.73 Å². The first-order chi connectivity index (χ1) is 5.18. The summed E-state index contributed by atoms with van der Waals surface area (Å²) in [7, 11) is 0. The van der Waals surface area contributed by atoms with Crippen LogP contribution in [0.1, 0.15) is 0 Å². The van der Waals surface area contributed by atoms with Crippen molar-refractivity contribution in [2.45, 2.75) is 6.54 Å². The minimum absolute atomic E-state index is 0.235. The van der Waals surface area contributed by atoms with Gasteiger partial charge < -0.3 is 5.73 Å². The highest BCUT2D eigenvalue weighted by Gasteiger charge is 1.91. The van der Waals surface area contributed by atoms with Gasteiger partial charge in [-0.25, -0.2) is 0 Å². The van der Waals surface area contributed by atoms with Crippen LogP contribution in [0.4, 0.5) is 5.82 Å². The molecule has 3 nitrogen and oxygen atoms in total. The Morgan fingerprint density at radius 3 is 2.91 bits per heavy atom. The molecule has 0 aliphatic heterocycles. The first-order valence-corrected chi connectivity index (χ1v) is 3.74. The molecular formula is C6H7Cl2N3. The fraction of sp³-hybridized carbons (Fsp3) is 0.167. The molecule has 5 heteroatoms. The fourth-order valence-corrected chi connectivity index (χ4v) is 0.780. The first-order valence-electron chi connectivity index (χ1n) is 2.98. The molecule has 0 saturated heterocycles. The van der Waals surface area contributed by atoms with Crippen LogP contribution >= 0.6 is 23.2 Å². The molecule has 11 heavy (non-hydrogen) atoms. The Kier molecular flexibility index (Phi) is 2.79.